The van der Waals surface area contributed by atoms with Crippen LogP contribution >= 0.6 is 34.8 Å². The zero-order chi connectivity index (χ0) is 14.9. The second kappa shape index (κ2) is 5.77. The number of sulfonamides is 1. The van der Waals surface area contributed by atoms with Gasteiger partial charge in [-0.3, -0.25) is 4.72 Å². The van der Waals surface area contributed by atoms with Crippen molar-refractivity contribution in [3.63, 3.8) is 0 Å². The Balaban J connectivity index is 2.40. The first-order chi connectivity index (χ1) is 9.29. The first kappa shape index (κ1) is 15.4. The van der Waals surface area contributed by atoms with E-state index in [2.05, 4.69) is 9.71 Å². The van der Waals surface area contributed by atoms with E-state index in [0.717, 1.165) is 0 Å². The van der Waals surface area contributed by atoms with Crippen molar-refractivity contribution in [2.24, 2.45) is 0 Å². The van der Waals surface area contributed by atoms with E-state index in [1.807, 2.05) is 0 Å². The van der Waals surface area contributed by atoms with Gasteiger partial charge in [-0.15, -0.1) is 0 Å². The van der Waals surface area contributed by atoms with Crippen molar-refractivity contribution in [1.82, 2.24) is 4.98 Å². The van der Waals surface area contributed by atoms with Crippen molar-refractivity contribution in [2.75, 3.05) is 4.72 Å². The van der Waals surface area contributed by atoms with Gasteiger partial charge < -0.3 is 0 Å². The molecule has 0 fully saturated rings. The van der Waals surface area contributed by atoms with E-state index in [-0.39, 0.29) is 14.9 Å². The van der Waals surface area contributed by atoms with Gasteiger partial charge in [0.05, 0.1) is 16.9 Å². The molecule has 1 aromatic heterocycles. The van der Waals surface area contributed by atoms with E-state index >= 15 is 0 Å². The molecule has 2 aromatic rings. The molecule has 1 aromatic carbocycles. The normalized spacial score (nSPS) is 11.4. The summed E-state index contributed by atoms with van der Waals surface area (Å²) in [6, 6.07) is 5.79. The standard InChI is InChI=1S/C12H9Cl3N2O2S/c1-7-4-9(6-16-12(7)15)17-20(18,19)11-5-8(13)2-3-10(11)14/h2-6,17H,1H3. The molecule has 0 atom stereocenters. The number of rotatable bonds is 3. The average molecular weight is 352 g/mol. The maximum atomic E-state index is 12.3. The van der Waals surface area contributed by atoms with Crippen LogP contribution in [0.5, 0.6) is 0 Å². The van der Waals surface area contributed by atoms with E-state index in [9.17, 15) is 8.42 Å². The monoisotopic (exact) mass is 350 g/mol. The third kappa shape index (κ3) is 3.35. The Labute approximate surface area is 131 Å². The molecule has 2 rings (SSSR count). The topological polar surface area (TPSA) is 59.1 Å². The van der Waals surface area contributed by atoms with Crippen molar-refractivity contribution >= 4 is 50.5 Å². The lowest BCUT2D eigenvalue weighted by molar-refractivity contribution is 0.601. The number of nitrogens with one attached hydrogen (secondary N) is 1. The second-order valence-electron chi connectivity index (χ2n) is 4.01. The molecule has 0 amide bonds. The molecule has 0 aliphatic heterocycles. The Kier molecular flexibility index (Phi) is 4.44. The van der Waals surface area contributed by atoms with Crippen LogP contribution in [0.4, 0.5) is 5.69 Å². The van der Waals surface area contributed by atoms with Crippen molar-refractivity contribution in [1.29, 1.82) is 0 Å². The van der Waals surface area contributed by atoms with Crippen LogP contribution in [0.2, 0.25) is 15.2 Å². The highest BCUT2D eigenvalue weighted by Gasteiger charge is 2.19. The predicted octanol–water partition coefficient (Wildman–Crippen LogP) is 4.15. The minimum absolute atomic E-state index is 0.0838. The van der Waals surface area contributed by atoms with Gasteiger partial charge in [0.2, 0.25) is 0 Å². The van der Waals surface area contributed by atoms with E-state index in [0.29, 0.717) is 16.4 Å². The molecule has 1 heterocycles. The fraction of sp³-hybridized carbons (Fsp3) is 0.0833. The third-order valence-corrected chi connectivity index (χ3v) is 4.94. The zero-order valence-electron chi connectivity index (χ0n) is 10.2. The second-order valence-corrected chi connectivity index (χ2v) is 6.86. The lowest BCUT2D eigenvalue weighted by Crippen LogP contribution is -2.13. The molecule has 0 aliphatic carbocycles. The van der Waals surface area contributed by atoms with Crippen LogP contribution in [0.15, 0.2) is 35.4 Å². The van der Waals surface area contributed by atoms with Crippen molar-refractivity contribution < 1.29 is 8.42 Å². The molecule has 1 N–H and O–H groups in total. The van der Waals surface area contributed by atoms with E-state index in [4.69, 9.17) is 34.8 Å². The maximum absolute atomic E-state index is 12.3. The summed E-state index contributed by atoms with van der Waals surface area (Å²) in [6.07, 6.45) is 1.32. The molecule has 0 bridgehead atoms. The van der Waals surface area contributed by atoms with Crippen LogP contribution < -0.4 is 4.72 Å². The van der Waals surface area contributed by atoms with Gasteiger partial charge in [-0.1, -0.05) is 34.8 Å². The summed E-state index contributed by atoms with van der Waals surface area (Å²) in [7, 11) is -3.85. The molecule has 20 heavy (non-hydrogen) atoms. The van der Waals surface area contributed by atoms with Crippen molar-refractivity contribution in [3.05, 3.63) is 51.2 Å². The predicted molar refractivity (Wildman–Crippen MR) is 81.3 cm³/mol. The van der Waals surface area contributed by atoms with Gasteiger partial charge in [0.15, 0.2) is 0 Å². The Bertz CT molecular complexity index is 763. The van der Waals surface area contributed by atoms with Gasteiger partial charge >= 0.3 is 0 Å². The highest BCUT2D eigenvalue weighted by molar-refractivity contribution is 7.92. The molecule has 0 saturated heterocycles. The summed E-state index contributed by atoms with van der Waals surface area (Å²) >= 11 is 17.5. The molecule has 0 saturated carbocycles. The summed E-state index contributed by atoms with van der Waals surface area (Å²) in [5, 5.41) is 0.675. The molecule has 0 spiro atoms. The van der Waals surface area contributed by atoms with Crippen molar-refractivity contribution in [3.8, 4) is 0 Å². The van der Waals surface area contributed by atoms with Crippen molar-refractivity contribution in [2.45, 2.75) is 11.8 Å². The van der Waals surface area contributed by atoms with E-state index in [1.54, 1.807) is 13.0 Å². The number of anilines is 1. The Hall–Kier alpha value is -1.01. The molecule has 0 unspecified atom stereocenters. The summed E-state index contributed by atoms with van der Waals surface area (Å²) in [4.78, 5) is 3.78. The first-order valence-electron chi connectivity index (χ1n) is 5.39. The van der Waals surface area contributed by atoms with Crippen LogP contribution in [0, 0.1) is 6.92 Å². The summed E-state index contributed by atoms with van der Waals surface area (Å²) in [6.45, 7) is 1.72. The van der Waals surface area contributed by atoms with Crippen LogP contribution in [-0.4, -0.2) is 13.4 Å². The molecule has 0 radical (unpaired) electrons. The summed E-state index contributed by atoms with van der Waals surface area (Å²) in [5.41, 5.74) is 0.951. The lowest BCUT2D eigenvalue weighted by Gasteiger charge is -2.10. The van der Waals surface area contributed by atoms with Gasteiger partial charge in [-0.2, -0.15) is 0 Å². The molecular weight excluding hydrogens is 343 g/mol. The quantitative estimate of drug-likeness (QED) is 0.845. The van der Waals surface area contributed by atoms with E-state index < -0.39 is 10.0 Å². The smallest absolute Gasteiger partial charge is 0.263 e. The van der Waals surface area contributed by atoms with Crippen LogP contribution in [0.25, 0.3) is 0 Å². The summed E-state index contributed by atoms with van der Waals surface area (Å²) < 4.78 is 26.9. The lowest BCUT2D eigenvalue weighted by atomic mass is 10.3. The number of halogens is 3. The van der Waals surface area contributed by atoms with Crippen LogP contribution in [0.3, 0.4) is 0 Å². The van der Waals surface area contributed by atoms with Gasteiger partial charge in [0.1, 0.15) is 10.0 Å². The molecular formula is C12H9Cl3N2O2S. The summed E-state index contributed by atoms with van der Waals surface area (Å²) in [5.74, 6) is 0. The molecule has 4 nitrogen and oxygen atoms in total. The number of hydrogen-bond donors (Lipinski definition) is 1. The Morgan fingerprint density at radius 3 is 2.50 bits per heavy atom. The molecule has 8 heteroatoms. The fourth-order valence-corrected chi connectivity index (χ4v) is 3.41. The number of pyridine rings is 1. The number of nitrogens with zero attached hydrogens (tertiary/aromatic N) is 1. The average Bonchev–Trinajstić information content (AvgIpc) is 2.36. The first-order valence-corrected chi connectivity index (χ1v) is 8.01. The highest BCUT2D eigenvalue weighted by Crippen LogP contribution is 2.27. The number of aryl methyl sites for hydroxylation is 1. The fourth-order valence-electron chi connectivity index (χ4n) is 1.51. The largest absolute Gasteiger partial charge is 0.278 e. The maximum Gasteiger partial charge on any atom is 0.263 e. The van der Waals surface area contributed by atoms with Gasteiger partial charge in [-0.25, -0.2) is 13.4 Å². The SMILES string of the molecule is Cc1cc(NS(=O)(=O)c2cc(Cl)ccc2Cl)cnc1Cl. The molecule has 106 valence electrons. The Morgan fingerprint density at radius 2 is 1.85 bits per heavy atom. The van der Waals surface area contributed by atoms with Crippen LogP contribution in [-0.2, 0) is 10.0 Å². The minimum Gasteiger partial charge on any atom is -0.278 e. The minimum atomic E-state index is -3.85. The van der Waals surface area contributed by atoms with Crippen LogP contribution in [0.1, 0.15) is 5.56 Å². The van der Waals surface area contributed by atoms with Gasteiger partial charge in [0, 0.05) is 5.02 Å². The number of hydrogen-bond acceptors (Lipinski definition) is 3. The zero-order valence-corrected chi connectivity index (χ0v) is 13.3. The number of benzene rings is 1. The highest BCUT2D eigenvalue weighted by atomic mass is 35.5. The van der Waals surface area contributed by atoms with Gasteiger partial charge in [-0.05, 0) is 36.8 Å². The number of aromatic nitrogens is 1. The molecule has 0 aliphatic rings. The third-order valence-electron chi connectivity index (χ3n) is 2.45. The van der Waals surface area contributed by atoms with E-state index in [1.165, 1.54) is 24.4 Å². The van der Waals surface area contributed by atoms with Gasteiger partial charge in [0.25, 0.3) is 10.0 Å². The Morgan fingerprint density at radius 1 is 1.15 bits per heavy atom.